The summed E-state index contributed by atoms with van der Waals surface area (Å²) in [5.41, 5.74) is 7.11. The van der Waals surface area contributed by atoms with Crippen LogP contribution in [0.2, 0.25) is 0 Å². The van der Waals surface area contributed by atoms with Gasteiger partial charge in [0, 0.05) is 44.2 Å². The van der Waals surface area contributed by atoms with E-state index in [1.807, 2.05) is 6.07 Å². The molecule has 1 aromatic rings. The van der Waals surface area contributed by atoms with Gasteiger partial charge >= 0.3 is 0 Å². The first-order valence-electron chi connectivity index (χ1n) is 7.76. The van der Waals surface area contributed by atoms with Crippen molar-refractivity contribution in [1.29, 1.82) is 0 Å². The minimum Gasteiger partial charge on any atom is -0.497 e. The highest BCUT2D eigenvalue weighted by Gasteiger charge is 2.43. The van der Waals surface area contributed by atoms with Crippen molar-refractivity contribution in [3.05, 3.63) is 35.2 Å². The lowest BCUT2D eigenvalue weighted by molar-refractivity contribution is -0.145. The lowest BCUT2D eigenvalue weighted by Gasteiger charge is -2.36. The molecule has 2 N–H and O–H groups in total. The number of methoxy groups -OCH3 is 2. The Morgan fingerprint density at radius 1 is 1.33 bits per heavy atom. The second kappa shape index (κ2) is 6.52. The first-order chi connectivity index (χ1) is 11.6. The number of carbonyl (C=O) groups excluding carboxylic acids is 2. The van der Waals surface area contributed by atoms with Crippen LogP contribution in [0.4, 0.5) is 0 Å². The van der Waals surface area contributed by atoms with Gasteiger partial charge in [-0.3, -0.25) is 14.5 Å². The highest BCUT2D eigenvalue weighted by atomic mass is 16.5. The molecule has 0 saturated carbocycles. The van der Waals surface area contributed by atoms with Gasteiger partial charge in [0.1, 0.15) is 11.5 Å². The number of piperidine rings is 1. The van der Waals surface area contributed by atoms with E-state index in [1.54, 1.807) is 26.4 Å². The van der Waals surface area contributed by atoms with E-state index in [0.29, 0.717) is 36.6 Å². The first kappa shape index (κ1) is 16.3. The molecule has 0 aromatic heterocycles. The molecule has 7 nitrogen and oxygen atoms in total. The van der Waals surface area contributed by atoms with Crippen LogP contribution in [0.1, 0.15) is 24.3 Å². The summed E-state index contributed by atoms with van der Waals surface area (Å²) in [5, 5.41) is 0. The Hall–Kier alpha value is -2.54. The average Bonchev–Trinajstić information content (AvgIpc) is 2.56. The maximum absolute atomic E-state index is 12.7. The van der Waals surface area contributed by atoms with Gasteiger partial charge in [0.15, 0.2) is 5.88 Å². The normalized spacial score (nSPS) is 19.8. The van der Waals surface area contributed by atoms with E-state index >= 15 is 0 Å². The number of carbonyl (C=O) groups is 2. The van der Waals surface area contributed by atoms with E-state index in [2.05, 4.69) is 0 Å². The third-order valence-corrected chi connectivity index (χ3v) is 4.32. The molecule has 3 rings (SSSR count). The van der Waals surface area contributed by atoms with Gasteiger partial charge in [-0.15, -0.1) is 0 Å². The Morgan fingerprint density at radius 3 is 2.83 bits per heavy atom. The topological polar surface area (TPSA) is 91.1 Å². The summed E-state index contributed by atoms with van der Waals surface area (Å²) in [6, 6.07) is 5.30. The number of hydrogen-bond donors (Lipinski definition) is 1. The molecule has 24 heavy (non-hydrogen) atoms. The molecule has 2 heterocycles. The van der Waals surface area contributed by atoms with Crippen molar-refractivity contribution in [3.8, 4) is 11.5 Å². The molecule has 2 amide bonds. The maximum Gasteiger partial charge on any atom is 0.262 e. The lowest BCUT2D eigenvalue weighted by atomic mass is 9.82. The van der Waals surface area contributed by atoms with Crippen LogP contribution in [0.15, 0.2) is 29.7 Å². The van der Waals surface area contributed by atoms with Gasteiger partial charge in [-0.2, -0.15) is 0 Å². The van der Waals surface area contributed by atoms with E-state index < -0.39 is 0 Å². The fourth-order valence-electron chi connectivity index (χ4n) is 3.12. The standard InChI is InChI=1S/C17H20N2O5/c1-22-7-3-6-19-14(20)9-12-11-5-4-10(23-2)8-13(11)24-16(18)15(12)17(19)21/h4-5,8,12H,3,6-7,9,18H2,1-2H3. The molecule has 1 saturated heterocycles. The SMILES string of the molecule is COCCCN1C(=O)CC2C(=C(N)Oc3cc(OC)ccc32)C1=O. The van der Waals surface area contributed by atoms with Crippen LogP contribution in [0.3, 0.4) is 0 Å². The van der Waals surface area contributed by atoms with E-state index in [0.717, 1.165) is 5.56 Å². The van der Waals surface area contributed by atoms with Gasteiger partial charge in [-0.1, -0.05) is 6.07 Å². The number of hydrogen-bond acceptors (Lipinski definition) is 6. The summed E-state index contributed by atoms with van der Waals surface area (Å²) in [6.07, 6.45) is 0.776. The number of benzene rings is 1. The third-order valence-electron chi connectivity index (χ3n) is 4.32. The van der Waals surface area contributed by atoms with Crippen LogP contribution in [-0.2, 0) is 14.3 Å². The van der Waals surface area contributed by atoms with Crippen LogP contribution in [-0.4, -0.2) is 44.1 Å². The van der Waals surface area contributed by atoms with Crippen molar-refractivity contribution in [2.45, 2.75) is 18.8 Å². The Labute approximate surface area is 140 Å². The second-order valence-electron chi connectivity index (χ2n) is 5.74. The molecule has 1 aromatic carbocycles. The van der Waals surface area contributed by atoms with Crippen LogP contribution in [0, 0.1) is 0 Å². The summed E-state index contributed by atoms with van der Waals surface area (Å²) in [6.45, 7) is 0.790. The first-order valence-corrected chi connectivity index (χ1v) is 7.76. The fourth-order valence-corrected chi connectivity index (χ4v) is 3.12. The second-order valence-corrected chi connectivity index (χ2v) is 5.74. The zero-order valence-electron chi connectivity index (χ0n) is 13.7. The number of imide groups is 1. The van der Waals surface area contributed by atoms with Gasteiger partial charge in [0.25, 0.3) is 5.91 Å². The van der Waals surface area contributed by atoms with Gasteiger partial charge < -0.3 is 19.9 Å². The smallest absolute Gasteiger partial charge is 0.262 e. The number of nitrogens with two attached hydrogens (primary N) is 1. The van der Waals surface area contributed by atoms with Crippen molar-refractivity contribution >= 4 is 11.8 Å². The Kier molecular flexibility index (Phi) is 4.44. The van der Waals surface area contributed by atoms with Crippen LogP contribution >= 0.6 is 0 Å². The van der Waals surface area contributed by atoms with E-state index in [1.165, 1.54) is 4.90 Å². The Morgan fingerprint density at radius 2 is 2.12 bits per heavy atom. The zero-order valence-corrected chi connectivity index (χ0v) is 13.7. The fraction of sp³-hybridized carbons (Fsp3) is 0.412. The van der Waals surface area contributed by atoms with Gasteiger partial charge in [0.2, 0.25) is 5.91 Å². The molecule has 1 fully saturated rings. The molecule has 2 aliphatic rings. The van der Waals surface area contributed by atoms with Crippen LogP contribution in [0.25, 0.3) is 0 Å². The number of rotatable bonds is 5. The monoisotopic (exact) mass is 332 g/mol. The molecule has 1 unspecified atom stereocenters. The van der Waals surface area contributed by atoms with Crippen molar-refractivity contribution < 1.29 is 23.8 Å². The van der Waals surface area contributed by atoms with Crippen LogP contribution in [0.5, 0.6) is 11.5 Å². The molecule has 0 bridgehead atoms. The minimum atomic E-state index is -0.383. The number of ether oxygens (including phenoxy) is 3. The number of amides is 2. The highest BCUT2D eigenvalue weighted by Crippen LogP contribution is 2.44. The molecular weight excluding hydrogens is 312 g/mol. The summed E-state index contributed by atoms with van der Waals surface area (Å²) in [7, 11) is 3.14. The molecule has 0 aliphatic carbocycles. The molecule has 7 heteroatoms. The van der Waals surface area contributed by atoms with Crippen molar-refractivity contribution in [2.24, 2.45) is 5.73 Å². The molecule has 1 atom stereocenters. The number of fused-ring (bicyclic) bond motifs is 3. The zero-order chi connectivity index (χ0) is 17.3. The predicted molar refractivity (Wildman–Crippen MR) is 85.4 cm³/mol. The van der Waals surface area contributed by atoms with Gasteiger partial charge in [0.05, 0.1) is 12.7 Å². The number of nitrogens with zero attached hydrogens (tertiary/aromatic N) is 1. The maximum atomic E-state index is 12.7. The third kappa shape index (κ3) is 2.71. The molecule has 128 valence electrons. The van der Waals surface area contributed by atoms with Gasteiger partial charge in [-0.05, 0) is 12.5 Å². The van der Waals surface area contributed by atoms with E-state index in [4.69, 9.17) is 19.9 Å². The molecule has 0 spiro atoms. The van der Waals surface area contributed by atoms with E-state index in [-0.39, 0.29) is 30.0 Å². The summed E-state index contributed by atoms with van der Waals surface area (Å²) in [5.74, 6) is 0.231. The van der Waals surface area contributed by atoms with Crippen molar-refractivity contribution in [3.63, 3.8) is 0 Å². The molecule has 2 aliphatic heterocycles. The number of likely N-dealkylation sites (tertiary alicyclic amines) is 1. The molecule has 0 radical (unpaired) electrons. The summed E-state index contributed by atoms with van der Waals surface area (Å²) < 4.78 is 15.8. The van der Waals surface area contributed by atoms with Crippen LogP contribution < -0.4 is 15.2 Å². The Balaban J connectivity index is 1.92. The largest absolute Gasteiger partial charge is 0.497 e. The van der Waals surface area contributed by atoms with Gasteiger partial charge in [-0.25, -0.2) is 0 Å². The minimum absolute atomic E-state index is 0.0509. The average molecular weight is 332 g/mol. The summed E-state index contributed by atoms with van der Waals surface area (Å²) >= 11 is 0. The van der Waals surface area contributed by atoms with Crippen molar-refractivity contribution in [2.75, 3.05) is 27.4 Å². The molecular formula is C17H20N2O5. The quantitative estimate of drug-likeness (QED) is 0.642. The van der Waals surface area contributed by atoms with Crippen molar-refractivity contribution in [1.82, 2.24) is 4.90 Å². The predicted octanol–water partition coefficient (Wildman–Crippen LogP) is 1.14. The highest BCUT2D eigenvalue weighted by molar-refractivity contribution is 6.09. The van der Waals surface area contributed by atoms with E-state index in [9.17, 15) is 9.59 Å². The lowest BCUT2D eigenvalue weighted by Crippen LogP contribution is -2.47. The Bertz CT molecular complexity index is 713. The summed E-state index contributed by atoms with van der Waals surface area (Å²) in [4.78, 5) is 26.4.